The van der Waals surface area contributed by atoms with E-state index in [1.54, 1.807) is 0 Å². The van der Waals surface area contributed by atoms with Crippen LogP contribution in [0.5, 0.6) is 0 Å². The van der Waals surface area contributed by atoms with Gasteiger partial charge in [-0.05, 0) is 55.1 Å². The number of aromatic nitrogens is 1. The van der Waals surface area contributed by atoms with Gasteiger partial charge >= 0.3 is 0 Å². The lowest BCUT2D eigenvalue weighted by Crippen LogP contribution is -2.42. The Labute approximate surface area is 128 Å². The van der Waals surface area contributed by atoms with Crippen molar-refractivity contribution in [3.63, 3.8) is 0 Å². The van der Waals surface area contributed by atoms with E-state index in [0.717, 1.165) is 30.0 Å². The fraction of sp³-hybridized carbons (Fsp3) is 0.500. The number of rotatable bonds is 3. The molecular weight excluding hydrogens is 314 g/mol. The van der Waals surface area contributed by atoms with Crippen molar-refractivity contribution in [2.24, 2.45) is 17.6 Å². The maximum Gasteiger partial charge on any atom is 0.0458 e. The molecule has 1 aromatic carbocycles. The third-order valence-electron chi connectivity index (χ3n) is 4.62. The lowest BCUT2D eigenvalue weighted by molar-refractivity contribution is 0.126. The van der Waals surface area contributed by atoms with E-state index in [9.17, 15) is 0 Å². The molecule has 2 heterocycles. The summed E-state index contributed by atoms with van der Waals surface area (Å²) in [5.41, 5.74) is 8.49. The second kappa shape index (κ2) is 5.88. The summed E-state index contributed by atoms with van der Waals surface area (Å²) in [6, 6.07) is 6.41. The highest BCUT2D eigenvalue weighted by atomic mass is 79.9. The smallest absolute Gasteiger partial charge is 0.0458 e. The summed E-state index contributed by atoms with van der Waals surface area (Å²) in [6.45, 7) is 6.45. The Bertz CT molecular complexity index is 592. The maximum atomic E-state index is 5.90. The Kier molecular flexibility index (Phi) is 4.15. The van der Waals surface area contributed by atoms with Crippen LogP contribution in [0.2, 0.25) is 0 Å². The van der Waals surface area contributed by atoms with Gasteiger partial charge in [-0.15, -0.1) is 0 Å². The van der Waals surface area contributed by atoms with Crippen molar-refractivity contribution in [2.75, 3.05) is 19.6 Å². The first-order valence-electron chi connectivity index (χ1n) is 7.35. The van der Waals surface area contributed by atoms with Crippen LogP contribution in [0.4, 0.5) is 0 Å². The summed E-state index contributed by atoms with van der Waals surface area (Å²) in [7, 11) is 0. The first kappa shape index (κ1) is 14.1. The number of piperidine rings is 1. The largest absolute Gasteiger partial charge is 0.361 e. The standard InChI is InChI=1S/C16H22BrN3/c1-11-4-5-20(9-12(11)7-18)10-13-8-19-16-3-2-14(17)6-15(13)16/h2-3,6,8,11-12,19H,4-5,7,9-10,18H2,1H3. The maximum absolute atomic E-state index is 5.90. The predicted octanol–water partition coefficient (Wildman–Crippen LogP) is 3.35. The molecule has 0 aliphatic carbocycles. The van der Waals surface area contributed by atoms with Crippen LogP contribution in [-0.2, 0) is 6.54 Å². The van der Waals surface area contributed by atoms with Crippen LogP contribution in [0.3, 0.4) is 0 Å². The zero-order valence-corrected chi connectivity index (χ0v) is 13.5. The molecule has 2 aromatic rings. The molecular formula is C16H22BrN3. The molecule has 0 amide bonds. The third kappa shape index (κ3) is 2.78. The van der Waals surface area contributed by atoms with Crippen molar-refractivity contribution in [3.8, 4) is 0 Å². The van der Waals surface area contributed by atoms with Crippen molar-refractivity contribution >= 4 is 26.8 Å². The van der Waals surface area contributed by atoms with Gasteiger partial charge in [0.15, 0.2) is 0 Å². The normalized spacial score (nSPS) is 24.4. The van der Waals surface area contributed by atoms with Crippen LogP contribution in [0.25, 0.3) is 10.9 Å². The van der Waals surface area contributed by atoms with Crippen molar-refractivity contribution in [1.29, 1.82) is 0 Å². The number of hydrogen-bond acceptors (Lipinski definition) is 2. The number of nitrogens with zero attached hydrogens (tertiary/aromatic N) is 1. The number of nitrogens with two attached hydrogens (primary N) is 1. The second-order valence-corrected chi connectivity index (χ2v) is 6.92. The van der Waals surface area contributed by atoms with Crippen molar-refractivity contribution < 1.29 is 0 Å². The van der Waals surface area contributed by atoms with E-state index in [1.165, 1.54) is 29.4 Å². The Morgan fingerprint density at radius 2 is 2.30 bits per heavy atom. The van der Waals surface area contributed by atoms with Crippen molar-refractivity contribution in [2.45, 2.75) is 19.9 Å². The number of benzene rings is 1. The SMILES string of the molecule is CC1CCN(Cc2c[nH]c3ccc(Br)cc23)CC1CN. The molecule has 3 nitrogen and oxygen atoms in total. The van der Waals surface area contributed by atoms with Crippen LogP contribution in [0.1, 0.15) is 18.9 Å². The minimum absolute atomic E-state index is 0.640. The fourth-order valence-corrected chi connectivity index (χ4v) is 3.56. The molecule has 1 aromatic heterocycles. The number of halogens is 1. The van der Waals surface area contributed by atoms with Crippen LogP contribution < -0.4 is 5.73 Å². The zero-order valence-electron chi connectivity index (χ0n) is 11.9. The van der Waals surface area contributed by atoms with E-state index in [1.807, 2.05) is 0 Å². The van der Waals surface area contributed by atoms with Crippen LogP contribution in [0, 0.1) is 11.8 Å². The third-order valence-corrected chi connectivity index (χ3v) is 5.12. The Morgan fingerprint density at radius 1 is 1.45 bits per heavy atom. The van der Waals surface area contributed by atoms with Crippen LogP contribution in [-0.4, -0.2) is 29.5 Å². The Balaban J connectivity index is 1.78. The number of fused-ring (bicyclic) bond motifs is 1. The molecule has 2 unspecified atom stereocenters. The molecule has 0 spiro atoms. The van der Waals surface area contributed by atoms with E-state index in [-0.39, 0.29) is 0 Å². The van der Waals surface area contributed by atoms with Gasteiger partial charge < -0.3 is 10.7 Å². The number of likely N-dealkylation sites (tertiary alicyclic amines) is 1. The highest BCUT2D eigenvalue weighted by Crippen LogP contribution is 2.27. The summed E-state index contributed by atoms with van der Waals surface area (Å²) in [5, 5.41) is 1.32. The average Bonchev–Trinajstić information content (AvgIpc) is 2.83. The average molecular weight is 336 g/mol. The summed E-state index contributed by atoms with van der Waals surface area (Å²) in [4.78, 5) is 5.91. The number of hydrogen-bond donors (Lipinski definition) is 2. The van der Waals surface area contributed by atoms with E-state index < -0.39 is 0 Å². The molecule has 0 radical (unpaired) electrons. The molecule has 20 heavy (non-hydrogen) atoms. The molecule has 4 heteroatoms. The van der Waals surface area contributed by atoms with Crippen molar-refractivity contribution in [3.05, 3.63) is 34.4 Å². The summed E-state index contributed by atoms with van der Waals surface area (Å²) < 4.78 is 1.14. The summed E-state index contributed by atoms with van der Waals surface area (Å²) in [6.07, 6.45) is 3.40. The highest BCUT2D eigenvalue weighted by molar-refractivity contribution is 9.10. The number of H-pyrrole nitrogens is 1. The van der Waals surface area contributed by atoms with E-state index >= 15 is 0 Å². The summed E-state index contributed by atoms with van der Waals surface area (Å²) in [5.74, 6) is 1.40. The van der Waals surface area contributed by atoms with Gasteiger partial charge in [-0.3, -0.25) is 4.90 Å². The van der Waals surface area contributed by atoms with E-state index in [2.05, 4.69) is 57.1 Å². The minimum atomic E-state index is 0.640. The minimum Gasteiger partial charge on any atom is -0.361 e. The molecule has 1 aliphatic rings. The van der Waals surface area contributed by atoms with Gasteiger partial charge in [0.2, 0.25) is 0 Å². The van der Waals surface area contributed by atoms with Gasteiger partial charge in [-0.1, -0.05) is 22.9 Å². The molecule has 2 atom stereocenters. The van der Waals surface area contributed by atoms with Crippen LogP contribution >= 0.6 is 15.9 Å². The number of nitrogens with one attached hydrogen (secondary N) is 1. The van der Waals surface area contributed by atoms with Crippen LogP contribution in [0.15, 0.2) is 28.9 Å². The molecule has 1 aliphatic heterocycles. The first-order valence-corrected chi connectivity index (χ1v) is 8.14. The molecule has 0 bridgehead atoms. The number of aromatic amines is 1. The molecule has 3 rings (SSSR count). The lowest BCUT2D eigenvalue weighted by Gasteiger charge is -2.36. The van der Waals surface area contributed by atoms with Gasteiger partial charge in [0.25, 0.3) is 0 Å². The molecule has 1 saturated heterocycles. The molecule has 1 fully saturated rings. The van der Waals surface area contributed by atoms with Gasteiger partial charge in [0.1, 0.15) is 0 Å². The van der Waals surface area contributed by atoms with E-state index in [4.69, 9.17) is 5.73 Å². The van der Waals surface area contributed by atoms with Gasteiger partial charge in [0, 0.05) is 34.7 Å². The van der Waals surface area contributed by atoms with Crippen molar-refractivity contribution in [1.82, 2.24) is 9.88 Å². The monoisotopic (exact) mass is 335 g/mol. The summed E-state index contributed by atoms with van der Waals surface area (Å²) >= 11 is 3.56. The Morgan fingerprint density at radius 3 is 3.10 bits per heavy atom. The second-order valence-electron chi connectivity index (χ2n) is 6.00. The van der Waals surface area contributed by atoms with E-state index in [0.29, 0.717) is 5.92 Å². The molecule has 0 saturated carbocycles. The highest BCUT2D eigenvalue weighted by Gasteiger charge is 2.25. The molecule has 108 valence electrons. The fourth-order valence-electron chi connectivity index (χ4n) is 3.20. The lowest BCUT2D eigenvalue weighted by atomic mass is 9.87. The predicted molar refractivity (Wildman–Crippen MR) is 87.6 cm³/mol. The van der Waals surface area contributed by atoms with Gasteiger partial charge in [-0.25, -0.2) is 0 Å². The first-order chi connectivity index (χ1) is 9.67. The Hall–Kier alpha value is -0.840. The topological polar surface area (TPSA) is 45.0 Å². The molecule has 3 N–H and O–H groups in total. The quantitative estimate of drug-likeness (QED) is 0.903. The zero-order chi connectivity index (χ0) is 14.1. The van der Waals surface area contributed by atoms with Gasteiger partial charge in [-0.2, -0.15) is 0 Å². The van der Waals surface area contributed by atoms with Gasteiger partial charge in [0.05, 0.1) is 0 Å².